The van der Waals surface area contributed by atoms with E-state index in [2.05, 4.69) is 10.3 Å². The smallest absolute Gasteiger partial charge is 0.261 e. The normalized spacial score (nSPS) is 11.6. The molecule has 0 aliphatic rings. The largest absolute Gasteiger partial charge is 0.481 e. The molecule has 2 aromatic rings. The molecule has 1 aromatic heterocycles. The summed E-state index contributed by atoms with van der Waals surface area (Å²) in [7, 11) is 2.41. The number of rotatable bonds is 4. The zero-order chi connectivity index (χ0) is 14.9. The van der Waals surface area contributed by atoms with Crippen molar-refractivity contribution < 1.29 is 21.9 Å². The molecule has 0 spiro atoms. The summed E-state index contributed by atoms with van der Waals surface area (Å²) in [6.45, 7) is -0.214. The lowest BCUT2D eigenvalue weighted by Crippen LogP contribution is -2.02. The van der Waals surface area contributed by atoms with E-state index in [0.717, 1.165) is 0 Å². The summed E-state index contributed by atoms with van der Waals surface area (Å²) in [4.78, 5) is -0.680. The molecule has 0 saturated carbocycles. The van der Waals surface area contributed by atoms with Crippen LogP contribution >= 0.6 is 10.7 Å². The lowest BCUT2D eigenvalue weighted by molar-refractivity contribution is 0.269. The van der Waals surface area contributed by atoms with Gasteiger partial charge in [-0.15, -0.1) is 5.10 Å². The van der Waals surface area contributed by atoms with E-state index in [4.69, 9.17) is 15.4 Å². The molecule has 0 N–H and O–H groups in total. The molecule has 0 radical (unpaired) electrons. The van der Waals surface area contributed by atoms with E-state index in [-0.39, 0.29) is 6.61 Å². The highest BCUT2D eigenvalue weighted by atomic mass is 35.7. The van der Waals surface area contributed by atoms with Crippen molar-refractivity contribution in [1.29, 1.82) is 0 Å². The third kappa shape index (κ3) is 3.23. The Balaban J connectivity index is 2.25. The van der Waals surface area contributed by atoms with E-state index in [1.807, 2.05) is 0 Å². The van der Waals surface area contributed by atoms with Crippen molar-refractivity contribution in [3.63, 3.8) is 0 Å². The van der Waals surface area contributed by atoms with Gasteiger partial charge in [0.15, 0.2) is 17.4 Å². The van der Waals surface area contributed by atoms with Gasteiger partial charge in [0.1, 0.15) is 12.3 Å². The lowest BCUT2D eigenvalue weighted by Gasteiger charge is -2.07. The van der Waals surface area contributed by atoms with E-state index in [0.29, 0.717) is 17.8 Å². The highest BCUT2D eigenvalue weighted by Gasteiger charge is 2.19. The molecule has 108 valence electrons. The fraction of sp³-hybridized carbons (Fsp3) is 0.200. The van der Waals surface area contributed by atoms with Gasteiger partial charge in [-0.25, -0.2) is 17.2 Å². The van der Waals surface area contributed by atoms with Gasteiger partial charge in [-0.1, -0.05) is 5.21 Å². The average molecular weight is 324 g/mol. The molecule has 0 fully saturated rings. The zero-order valence-corrected chi connectivity index (χ0v) is 11.6. The molecular weight excluding hydrogens is 316 g/mol. The van der Waals surface area contributed by atoms with Crippen LogP contribution in [0, 0.1) is 11.6 Å². The van der Waals surface area contributed by atoms with Gasteiger partial charge < -0.3 is 4.74 Å². The van der Waals surface area contributed by atoms with Gasteiger partial charge in [-0.3, -0.25) is 4.68 Å². The van der Waals surface area contributed by atoms with Crippen molar-refractivity contribution in [2.24, 2.45) is 7.05 Å². The van der Waals surface area contributed by atoms with Crippen LogP contribution in [0.1, 0.15) is 5.69 Å². The molecule has 0 unspecified atom stereocenters. The van der Waals surface area contributed by atoms with E-state index >= 15 is 0 Å². The monoisotopic (exact) mass is 323 g/mol. The second-order valence-corrected chi connectivity index (χ2v) is 6.39. The Morgan fingerprint density at radius 2 is 1.95 bits per heavy atom. The number of aromatic nitrogens is 3. The van der Waals surface area contributed by atoms with Crippen molar-refractivity contribution in [2.75, 3.05) is 0 Å². The highest BCUT2D eigenvalue weighted by Crippen LogP contribution is 2.27. The zero-order valence-electron chi connectivity index (χ0n) is 10.0. The van der Waals surface area contributed by atoms with Gasteiger partial charge in [0.2, 0.25) is 0 Å². The Morgan fingerprint density at radius 3 is 2.40 bits per heavy atom. The van der Waals surface area contributed by atoms with Crippen LogP contribution in [0.15, 0.2) is 23.2 Å². The number of ether oxygens (including phenoxy) is 1. The second-order valence-electron chi connectivity index (χ2n) is 3.83. The van der Waals surface area contributed by atoms with Gasteiger partial charge in [0, 0.05) is 17.7 Å². The van der Waals surface area contributed by atoms with Crippen LogP contribution in [0.25, 0.3) is 0 Å². The van der Waals surface area contributed by atoms with Crippen LogP contribution in [0.2, 0.25) is 0 Å². The third-order valence-electron chi connectivity index (χ3n) is 2.27. The van der Waals surface area contributed by atoms with Crippen molar-refractivity contribution in [2.45, 2.75) is 11.5 Å². The van der Waals surface area contributed by atoms with Crippen molar-refractivity contribution in [1.82, 2.24) is 15.0 Å². The van der Waals surface area contributed by atoms with Crippen molar-refractivity contribution in [3.8, 4) is 5.75 Å². The Hall–Kier alpha value is -1.74. The standard InChI is InChI=1S/C10H8ClF2N3O3S/c1-16-4-6(14-15-16)5-19-10-8(12)2-7(3-9(10)13)20(11,17)18/h2-4H,5H2,1H3. The fourth-order valence-corrected chi connectivity index (χ4v) is 2.18. The Labute approximate surface area is 117 Å². The molecule has 10 heteroatoms. The number of hydrogen-bond acceptors (Lipinski definition) is 5. The predicted octanol–water partition coefficient (Wildman–Crippen LogP) is 1.60. The highest BCUT2D eigenvalue weighted by molar-refractivity contribution is 8.13. The Bertz CT molecular complexity index is 725. The van der Waals surface area contributed by atoms with Gasteiger partial charge >= 0.3 is 0 Å². The van der Waals surface area contributed by atoms with Gasteiger partial charge in [-0.05, 0) is 12.1 Å². The van der Waals surface area contributed by atoms with E-state index in [1.54, 1.807) is 7.05 Å². The Kier molecular flexibility index (Phi) is 3.91. The predicted molar refractivity (Wildman–Crippen MR) is 64.7 cm³/mol. The van der Waals surface area contributed by atoms with Gasteiger partial charge in [0.05, 0.1) is 11.1 Å². The minimum Gasteiger partial charge on any atom is -0.481 e. The molecule has 20 heavy (non-hydrogen) atoms. The minimum atomic E-state index is -4.22. The number of nitrogens with zero attached hydrogens (tertiary/aromatic N) is 3. The van der Waals surface area contributed by atoms with E-state index in [9.17, 15) is 17.2 Å². The molecular formula is C10H8ClF2N3O3S. The van der Waals surface area contributed by atoms with Crippen LogP contribution in [0.5, 0.6) is 5.75 Å². The third-order valence-corrected chi connectivity index (χ3v) is 3.60. The van der Waals surface area contributed by atoms with Crippen LogP contribution < -0.4 is 4.74 Å². The number of aryl methyl sites for hydroxylation is 1. The van der Waals surface area contributed by atoms with Gasteiger partial charge in [0.25, 0.3) is 9.05 Å². The van der Waals surface area contributed by atoms with Crippen LogP contribution in [-0.4, -0.2) is 23.4 Å². The molecule has 0 saturated heterocycles. The SMILES string of the molecule is Cn1cc(COc2c(F)cc(S(=O)(=O)Cl)cc2F)nn1. The summed E-state index contributed by atoms with van der Waals surface area (Å²) < 4.78 is 55.6. The number of hydrogen-bond donors (Lipinski definition) is 0. The van der Waals surface area contributed by atoms with E-state index in [1.165, 1.54) is 10.9 Å². The summed E-state index contributed by atoms with van der Waals surface area (Å²) in [5.74, 6) is -3.05. The number of halogens is 3. The maximum Gasteiger partial charge on any atom is 0.261 e. The average Bonchev–Trinajstić information content (AvgIpc) is 2.72. The summed E-state index contributed by atoms with van der Waals surface area (Å²) in [5, 5.41) is 7.30. The molecule has 0 amide bonds. The lowest BCUT2D eigenvalue weighted by atomic mass is 10.3. The molecule has 0 aliphatic heterocycles. The quantitative estimate of drug-likeness (QED) is 0.799. The van der Waals surface area contributed by atoms with E-state index < -0.39 is 31.3 Å². The summed E-state index contributed by atoms with van der Waals surface area (Å²) in [6, 6.07) is 1.16. The fourth-order valence-electron chi connectivity index (χ4n) is 1.42. The second kappa shape index (κ2) is 5.33. The Morgan fingerprint density at radius 1 is 1.35 bits per heavy atom. The molecule has 0 bridgehead atoms. The van der Waals surface area contributed by atoms with Crippen molar-refractivity contribution in [3.05, 3.63) is 35.7 Å². The number of benzene rings is 1. The summed E-state index contributed by atoms with van der Waals surface area (Å²) in [5.41, 5.74) is 0.361. The molecule has 6 nitrogen and oxygen atoms in total. The molecule has 2 rings (SSSR count). The summed E-state index contributed by atoms with van der Waals surface area (Å²) >= 11 is 0. The first-order chi connectivity index (χ1) is 9.27. The molecule has 1 heterocycles. The molecule has 1 aromatic carbocycles. The maximum absolute atomic E-state index is 13.6. The topological polar surface area (TPSA) is 74.1 Å². The first-order valence-electron chi connectivity index (χ1n) is 5.19. The maximum atomic E-state index is 13.6. The molecule has 0 aliphatic carbocycles. The van der Waals surface area contributed by atoms with Crippen LogP contribution in [-0.2, 0) is 22.7 Å². The van der Waals surface area contributed by atoms with Crippen molar-refractivity contribution >= 4 is 19.7 Å². The molecule has 0 atom stereocenters. The van der Waals surface area contributed by atoms with Gasteiger partial charge in [-0.2, -0.15) is 0 Å². The summed E-state index contributed by atoms with van der Waals surface area (Å²) in [6.07, 6.45) is 1.51. The van der Waals surface area contributed by atoms with Crippen LogP contribution in [0.3, 0.4) is 0 Å². The van der Waals surface area contributed by atoms with Crippen LogP contribution in [0.4, 0.5) is 8.78 Å². The first-order valence-corrected chi connectivity index (χ1v) is 7.50. The minimum absolute atomic E-state index is 0.214. The first kappa shape index (κ1) is 14.7.